The lowest BCUT2D eigenvalue weighted by atomic mass is 10.00. The van der Waals surface area contributed by atoms with Crippen LogP contribution in [0.15, 0.2) is 30.3 Å². The predicted octanol–water partition coefficient (Wildman–Crippen LogP) is 4.30. The van der Waals surface area contributed by atoms with Crippen LogP contribution in [0.1, 0.15) is 33.4 Å². The third-order valence-corrected chi connectivity index (χ3v) is 4.21. The Balaban J connectivity index is 2.28. The maximum atomic E-state index is 11.6. The van der Waals surface area contributed by atoms with E-state index in [1.54, 1.807) is 0 Å². The van der Waals surface area contributed by atoms with Gasteiger partial charge < -0.3 is 9.84 Å². The number of rotatable bonds is 5. The number of hydrogen-bond acceptors (Lipinski definition) is 2. The lowest BCUT2D eigenvalue weighted by Crippen LogP contribution is -2.30. The number of carboxylic acids is 1. The minimum atomic E-state index is -0.941. The van der Waals surface area contributed by atoms with E-state index in [1.807, 2.05) is 52.8 Å². The van der Waals surface area contributed by atoms with Crippen LogP contribution in [0.2, 0.25) is 0 Å². The quantitative estimate of drug-likeness (QED) is 0.895. The molecule has 0 heterocycles. The van der Waals surface area contributed by atoms with Crippen LogP contribution in [-0.4, -0.2) is 17.2 Å². The summed E-state index contributed by atoms with van der Waals surface area (Å²) < 4.78 is 5.86. The molecule has 0 radical (unpaired) electrons. The molecule has 2 rings (SSSR count). The van der Waals surface area contributed by atoms with Crippen LogP contribution in [-0.2, 0) is 11.2 Å². The molecule has 1 N–H and O–H groups in total. The van der Waals surface area contributed by atoms with E-state index in [0.717, 1.165) is 27.8 Å². The smallest absolute Gasteiger partial charge is 0.345 e. The van der Waals surface area contributed by atoms with E-state index in [-0.39, 0.29) is 0 Å². The molecule has 2 aromatic rings. The van der Waals surface area contributed by atoms with Crippen LogP contribution in [0.5, 0.6) is 5.75 Å². The van der Waals surface area contributed by atoms with E-state index >= 15 is 0 Å². The highest BCUT2D eigenvalue weighted by Crippen LogP contribution is 2.25. The molecule has 0 aliphatic rings. The predicted molar refractivity (Wildman–Crippen MR) is 92.3 cm³/mol. The van der Waals surface area contributed by atoms with Crippen molar-refractivity contribution in [2.24, 2.45) is 0 Å². The van der Waals surface area contributed by atoms with Gasteiger partial charge in [-0.25, -0.2) is 4.79 Å². The Morgan fingerprint density at radius 2 is 1.65 bits per heavy atom. The molecule has 0 saturated carbocycles. The van der Waals surface area contributed by atoms with Gasteiger partial charge in [-0.15, -0.1) is 0 Å². The number of carboxylic acid groups (broad SMARTS) is 1. The molecule has 122 valence electrons. The fraction of sp³-hybridized carbons (Fsp3) is 0.350. The first-order valence-electron chi connectivity index (χ1n) is 7.81. The van der Waals surface area contributed by atoms with Crippen LogP contribution in [0.4, 0.5) is 0 Å². The second-order valence-corrected chi connectivity index (χ2v) is 6.28. The van der Waals surface area contributed by atoms with Crippen LogP contribution in [0.25, 0.3) is 0 Å². The van der Waals surface area contributed by atoms with Gasteiger partial charge >= 0.3 is 5.97 Å². The van der Waals surface area contributed by atoms with Gasteiger partial charge in [-0.2, -0.15) is 0 Å². The fourth-order valence-electron chi connectivity index (χ4n) is 2.73. The highest BCUT2D eigenvalue weighted by atomic mass is 16.5. The molecule has 0 bridgehead atoms. The summed E-state index contributed by atoms with van der Waals surface area (Å²) in [6.45, 7) is 9.98. The Morgan fingerprint density at radius 1 is 1.00 bits per heavy atom. The van der Waals surface area contributed by atoms with E-state index in [4.69, 9.17) is 4.74 Å². The normalized spacial score (nSPS) is 12.0. The summed E-state index contributed by atoms with van der Waals surface area (Å²) in [5, 5.41) is 9.55. The van der Waals surface area contributed by atoms with Crippen molar-refractivity contribution in [2.45, 2.75) is 47.1 Å². The Morgan fingerprint density at radius 3 is 2.26 bits per heavy atom. The number of aryl methyl sites for hydroxylation is 4. The van der Waals surface area contributed by atoms with E-state index in [9.17, 15) is 9.90 Å². The first-order chi connectivity index (χ1) is 10.8. The Kier molecular flexibility index (Phi) is 5.09. The number of hydrogen-bond donors (Lipinski definition) is 1. The van der Waals surface area contributed by atoms with Crippen molar-refractivity contribution in [1.29, 1.82) is 0 Å². The van der Waals surface area contributed by atoms with Crippen molar-refractivity contribution in [1.82, 2.24) is 0 Å². The Hall–Kier alpha value is -2.29. The second-order valence-electron chi connectivity index (χ2n) is 6.28. The topological polar surface area (TPSA) is 46.5 Å². The van der Waals surface area contributed by atoms with Crippen LogP contribution in [0.3, 0.4) is 0 Å². The van der Waals surface area contributed by atoms with Gasteiger partial charge in [0.25, 0.3) is 0 Å². The maximum Gasteiger partial charge on any atom is 0.345 e. The summed E-state index contributed by atoms with van der Waals surface area (Å²) in [4.78, 5) is 11.6. The monoisotopic (exact) mass is 312 g/mol. The average Bonchev–Trinajstić information content (AvgIpc) is 2.45. The van der Waals surface area contributed by atoms with Gasteiger partial charge in [-0.3, -0.25) is 0 Å². The minimum absolute atomic E-state index is 0.355. The molecule has 0 fully saturated rings. The number of ether oxygens (including phenoxy) is 1. The first kappa shape index (κ1) is 17.1. The average molecular weight is 312 g/mol. The molecule has 3 nitrogen and oxygen atoms in total. The Bertz CT molecular complexity index is 732. The van der Waals surface area contributed by atoms with E-state index in [2.05, 4.69) is 12.1 Å². The zero-order valence-corrected chi connectivity index (χ0v) is 14.4. The lowest BCUT2D eigenvalue weighted by Gasteiger charge is -2.19. The summed E-state index contributed by atoms with van der Waals surface area (Å²) in [5.41, 5.74) is 6.43. The molecule has 1 unspecified atom stereocenters. The second kappa shape index (κ2) is 6.86. The van der Waals surface area contributed by atoms with Crippen molar-refractivity contribution in [3.8, 4) is 5.75 Å². The molecule has 1 atom stereocenters. The van der Waals surface area contributed by atoms with Gasteiger partial charge in [0.1, 0.15) is 5.75 Å². The molecule has 23 heavy (non-hydrogen) atoms. The molecule has 0 aliphatic heterocycles. The number of aliphatic carboxylic acids is 1. The summed E-state index contributed by atoms with van der Waals surface area (Å²) in [6.07, 6.45) is -0.537. The zero-order valence-electron chi connectivity index (χ0n) is 14.4. The van der Waals surface area contributed by atoms with Crippen molar-refractivity contribution < 1.29 is 14.6 Å². The fourth-order valence-corrected chi connectivity index (χ4v) is 2.73. The standard InChI is InChI=1S/C20H24O3/c1-12-6-7-17(15(4)8-12)11-19(20(21)22)23-18-10-13(2)9-14(3)16(18)5/h6-10,19H,11H2,1-5H3,(H,21,22). The summed E-state index contributed by atoms with van der Waals surface area (Å²) >= 11 is 0. The largest absolute Gasteiger partial charge is 0.478 e. The molecule has 0 saturated heterocycles. The molecule has 3 heteroatoms. The molecular weight excluding hydrogens is 288 g/mol. The summed E-state index contributed by atoms with van der Waals surface area (Å²) in [5.74, 6) is -0.289. The minimum Gasteiger partial charge on any atom is -0.478 e. The summed E-state index contributed by atoms with van der Waals surface area (Å²) in [7, 11) is 0. The van der Waals surface area contributed by atoms with Crippen LogP contribution in [0, 0.1) is 34.6 Å². The van der Waals surface area contributed by atoms with Gasteiger partial charge in [-0.1, -0.05) is 29.8 Å². The lowest BCUT2D eigenvalue weighted by molar-refractivity contribution is -0.145. The Labute approximate surface area is 137 Å². The van der Waals surface area contributed by atoms with Gasteiger partial charge in [0.15, 0.2) is 6.10 Å². The van der Waals surface area contributed by atoms with Crippen molar-refractivity contribution >= 4 is 5.97 Å². The van der Waals surface area contributed by atoms with E-state index in [0.29, 0.717) is 12.2 Å². The third kappa shape index (κ3) is 4.13. The molecule has 0 amide bonds. The summed E-state index contributed by atoms with van der Waals surface area (Å²) in [6, 6.07) is 10.0. The zero-order chi connectivity index (χ0) is 17.1. The van der Waals surface area contributed by atoms with Crippen molar-refractivity contribution in [3.63, 3.8) is 0 Å². The highest BCUT2D eigenvalue weighted by Gasteiger charge is 2.22. The molecule has 2 aromatic carbocycles. The van der Waals surface area contributed by atoms with Crippen LogP contribution >= 0.6 is 0 Å². The van der Waals surface area contributed by atoms with Gasteiger partial charge in [-0.05, 0) is 68.5 Å². The van der Waals surface area contributed by atoms with Crippen molar-refractivity contribution in [2.75, 3.05) is 0 Å². The van der Waals surface area contributed by atoms with Gasteiger partial charge in [0.05, 0.1) is 0 Å². The number of benzene rings is 2. The molecular formula is C20H24O3. The van der Waals surface area contributed by atoms with E-state index in [1.165, 1.54) is 5.56 Å². The first-order valence-corrected chi connectivity index (χ1v) is 7.81. The van der Waals surface area contributed by atoms with Gasteiger partial charge in [0, 0.05) is 6.42 Å². The van der Waals surface area contributed by atoms with Gasteiger partial charge in [0.2, 0.25) is 0 Å². The van der Waals surface area contributed by atoms with Crippen molar-refractivity contribution in [3.05, 3.63) is 63.7 Å². The highest BCUT2D eigenvalue weighted by molar-refractivity contribution is 5.73. The molecule has 0 aromatic heterocycles. The van der Waals surface area contributed by atoms with E-state index < -0.39 is 12.1 Å². The van der Waals surface area contributed by atoms with Crippen LogP contribution < -0.4 is 4.74 Å². The SMILES string of the molecule is Cc1ccc(CC(Oc2cc(C)cc(C)c2C)C(=O)O)c(C)c1. The maximum absolute atomic E-state index is 11.6. The number of carbonyl (C=O) groups is 1. The molecule has 0 spiro atoms. The third-order valence-electron chi connectivity index (χ3n) is 4.21. The molecule has 0 aliphatic carbocycles.